The number of esters is 2. The molecule has 2 aromatic carbocycles. The van der Waals surface area contributed by atoms with E-state index in [0.29, 0.717) is 5.56 Å². The Bertz CT molecular complexity index is 696. The van der Waals surface area contributed by atoms with Crippen molar-refractivity contribution in [3.8, 4) is 0 Å². The van der Waals surface area contributed by atoms with Crippen LogP contribution in [0.15, 0.2) is 60.7 Å². The minimum Gasteiger partial charge on any atom is -0.463 e. The fourth-order valence-electron chi connectivity index (χ4n) is 3.13. The first-order chi connectivity index (χ1) is 11.2. The summed E-state index contributed by atoms with van der Waals surface area (Å²) in [7, 11) is 0. The molecule has 0 aromatic heterocycles. The van der Waals surface area contributed by atoms with Gasteiger partial charge >= 0.3 is 11.9 Å². The molecule has 0 saturated carbocycles. The predicted octanol–water partition coefficient (Wildman–Crippen LogP) is 3.18. The van der Waals surface area contributed by atoms with Gasteiger partial charge in [0.15, 0.2) is 0 Å². The Balaban J connectivity index is 2.16. The molecule has 1 aliphatic heterocycles. The highest BCUT2D eigenvalue weighted by atomic mass is 16.6. The monoisotopic (exact) mass is 310 g/mol. The van der Waals surface area contributed by atoms with Crippen molar-refractivity contribution in [3.63, 3.8) is 0 Å². The van der Waals surface area contributed by atoms with Crippen molar-refractivity contribution in [2.24, 2.45) is 0 Å². The molecule has 1 saturated heterocycles. The fourth-order valence-corrected chi connectivity index (χ4v) is 3.13. The minimum absolute atomic E-state index is 0.151. The molecule has 1 aliphatic rings. The van der Waals surface area contributed by atoms with Crippen molar-refractivity contribution in [1.82, 2.24) is 0 Å². The van der Waals surface area contributed by atoms with Crippen LogP contribution in [0.1, 0.15) is 30.4 Å². The zero-order valence-electron chi connectivity index (χ0n) is 12.9. The first-order valence-corrected chi connectivity index (χ1v) is 7.68. The molecule has 0 radical (unpaired) electrons. The fraction of sp³-hybridized carbons (Fsp3) is 0.263. The number of hydrogen-bond donors (Lipinski definition) is 0. The summed E-state index contributed by atoms with van der Waals surface area (Å²) in [6, 6.07) is 18.6. The standard InChI is InChI=1S/C19H18O4/c1-2-22-18(21)19(15-11-7-4-8-12-15)16(13-17(20)23-19)14-9-5-3-6-10-14/h3-12,16H,2,13H2,1H3. The van der Waals surface area contributed by atoms with E-state index in [4.69, 9.17) is 9.47 Å². The van der Waals surface area contributed by atoms with Crippen LogP contribution in [0.3, 0.4) is 0 Å². The van der Waals surface area contributed by atoms with E-state index in [9.17, 15) is 9.59 Å². The van der Waals surface area contributed by atoms with Gasteiger partial charge in [-0.05, 0) is 12.5 Å². The molecule has 0 bridgehead atoms. The van der Waals surface area contributed by atoms with Gasteiger partial charge in [-0.15, -0.1) is 0 Å². The van der Waals surface area contributed by atoms with Crippen LogP contribution in [0.25, 0.3) is 0 Å². The molecule has 1 fully saturated rings. The normalized spacial score (nSPS) is 23.3. The average Bonchev–Trinajstić information content (AvgIpc) is 2.95. The van der Waals surface area contributed by atoms with Gasteiger partial charge < -0.3 is 9.47 Å². The number of hydrogen-bond acceptors (Lipinski definition) is 4. The third-order valence-corrected chi connectivity index (χ3v) is 4.12. The molecule has 4 nitrogen and oxygen atoms in total. The highest BCUT2D eigenvalue weighted by molar-refractivity contribution is 5.90. The summed E-state index contributed by atoms with van der Waals surface area (Å²) in [6.07, 6.45) is 0.151. The van der Waals surface area contributed by atoms with Crippen molar-refractivity contribution < 1.29 is 19.1 Å². The molecule has 0 amide bonds. The Kier molecular flexibility index (Phi) is 4.15. The van der Waals surface area contributed by atoms with E-state index >= 15 is 0 Å². The minimum atomic E-state index is -1.42. The Morgan fingerprint density at radius 1 is 1.13 bits per heavy atom. The number of rotatable bonds is 4. The summed E-state index contributed by atoms with van der Waals surface area (Å²) in [6.45, 7) is 1.97. The van der Waals surface area contributed by atoms with Crippen LogP contribution in [-0.2, 0) is 24.7 Å². The maximum Gasteiger partial charge on any atom is 0.356 e. The third-order valence-electron chi connectivity index (χ3n) is 4.12. The number of cyclic esters (lactones) is 1. The van der Waals surface area contributed by atoms with Crippen LogP contribution in [0.5, 0.6) is 0 Å². The van der Waals surface area contributed by atoms with Gasteiger partial charge in [-0.1, -0.05) is 60.7 Å². The summed E-state index contributed by atoms with van der Waals surface area (Å²) < 4.78 is 10.9. The van der Waals surface area contributed by atoms with Gasteiger partial charge in [0.05, 0.1) is 13.0 Å². The van der Waals surface area contributed by atoms with Gasteiger partial charge in [-0.3, -0.25) is 4.79 Å². The largest absolute Gasteiger partial charge is 0.463 e. The van der Waals surface area contributed by atoms with Crippen LogP contribution < -0.4 is 0 Å². The van der Waals surface area contributed by atoms with Gasteiger partial charge in [0, 0.05) is 11.5 Å². The van der Waals surface area contributed by atoms with Crippen molar-refractivity contribution in [2.75, 3.05) is 6.61 Å². The second-order valence-corrected chi connectivity index (χ2v) is 5.46. The molecule has 2 unspecified atom stereocenters. The van der Waals surface area contributed by atoms with Crippen molar-refractivity contribution in [3.05, 3.63) is 71.8 Å². The van der Waals surface area contributed by atoms with Crippen LogP contribution in [-0.4, -0.2) is 18.5 Å². The highest BCUT2D eigenvalue weighted by Crippen LogP contribution is 2.48. The van der Waals surface area contributed by atoms with E-state index in [2.05, 4.69) is 0 Å². The summed E-state index contributed by atoms with van der Waals surface area (Å²) in [5.41, 5.74) is 0.101. The van der Waals surface area contributed by atoms with E-state index < -0.39 is 23.5 Å². The Hall–Kier alpha value is -2.62. The first-order valence-electron chi connectivity index (χ1n) is 7.68. The van der Waals surface area contributed by atoms with Gasteiger partial charge in [-0.2, -0.15) is 0 Å². The summed E-state index contributed by atoms with van der Waals surface area (Å²) in [5, 5.41) is 0. The molecule has 1 heterocycles. The van der Waals surface area contributed by atoms with Gasteiger partial charge in [0.25, 0.3) is 0 Å². The summed E-state index contributed by atoms with van der Waals surface area (Å²) in [5.74, 6) is -1.32. The van der Waals surface area contributed by atoms with Gasteiger partial charge in [0.2, 0.25) is 5.60 Å². The number of benzene rings is 2. The molecule has 2 atom stereocenters. The average molecular weight is 310 g/mol. The number of carbonyl (C=O) groups excluding carboxylic acids is 2. The Morgan fingerprint density at radius 2 is 1.74 bits per heavy atom. The zero-order valence-corrected chi connectivity index (χ0v) is 12.9. The van der Waals surface area contributed by atoms with Crippen molar-refractivity contribution >= 4 is 11.9 Å². The van der Waals surface area contributed by atoms with Gasteiger partial charge in [0.1, 0.15) is 0 Å². The van der Waals surface area contributed by atoms with E-state index in [-0.39, 0.29) is 13.0 Å². The predicted molar refractivity (Wildman–Crippen MR) is 84.6 cm³/mol. The van der Waals surface area contributed by atoms with Crippen LogP contribution >= 0.6 is 0 Å². The first kappa shape index (κ1) is 15.3. The van der Waals surface area contributed by atoms with Crippen LogP contribution in [0.4, 0.5) is 0 Å². The maximum absolute atomic E-state index is 12.8. The molecule has 23 heavy (non-hydrogen) atoms. The molecule has 0 spiro atoms. The molecule has 0 N–H and O–H groups in total. The third kappa shape index (κ3) is 2.61. The molecular weight excluding hydrogens is 292 g/mol. The molecule has 118 valence electrons. The van der Waals surface area contributed by atoms with Crippen molar-refractivity contribution in [2.45, 2.75) is 24.9 Å². The lowest BCUT2D eigenvalue weighted by molar-refractivity contribution is -0.176. The van der Waals surface area contributed by atoms with Crippen molar-refractivity contribution in [1.29, 1.82) is 0 Å². The topological polar surface area (TPSA) is 52.6 Å². The summed E-state index contributed by atoms with van der Waals surface area (Å²) >= 11 is 0. The maximum atomic E-state index is 12.8. The van der Waals surface area contributed by atoms with Gasteiger partial charge in [-0.25, -0.2) is 4.79 Å². The summed E-state index contributed by atoms with van der Waals surface area (Å²) in [4.78, 5) is 24.9. The quantitative estimate of drug-likeness (QED) is 0.814. The van der Waals surface area contributed by atoms with E-state index in [0.717, 1.165) is 5.56 Å². The van der Waals surface area contributed by atoms with Crippen LogP contribution in [0, 0.1) is 0 Å². The lowest BCUT2D eigenvalue weighted by Gasteiger charge is -2.31. The molecule has 4 heteroatoms. The Labute approximate surface area is 135 Å². The zero-order chi connectivity index (χ0) is 16.3. The Morgan fingerprint density at radius 3 is 2.35 bits per heavy atom. The SMILES string of the molecule is CCOC(=O)C1(c2ccccc2)OC(=O)CC1c1ccccc1. The second-order valence-electron chi connectivity index (χ2n) is 5.46. The molecule has 2 aromatic rings. The number of ether oxygens (including phenoxy) is 2. The van der Waals surface area contributed by atoms with Crippen LogP contribution in [0.2, 0.25) is 0 Å². The lowest BCUT2D eigenvalue weighted by Crippen LogP contribution is -2.41. The van der Waals surface area contributed by atoms with E-state index in [1.807, 2.05) is 48.5 Å². The smallest absolute Gasteiger partial charge is 0.356 e. The second kappa shape index (κ2) is 6.24. The lowest BCUT2D eigenvalue weighted by atomic mass is 9.77. The highest BCUT2D eigenvalue weighted by Gasteiger charge is 2.58. The van der Waals surface area contributed by atoms with E-state index in [1.54, 1.807) is 19.1 Å². The number of carbonyl (C=O) groups is 2. The molecular formula is C19H18O4. The van der Waals surface area contributed by atoms with E-state index in [1.165, 1.54) is 0 Å². The molecule has 0 aliphatic carbocycles. The molecule has 3 rings (SSSR count).